The summed E-state index contributed by atoms with van der Waals surface area (Å²) in [4.78, 5) is 23.6. The Hall–Kier alpha value is -1.36. The largest absolute Gasteiger partial charge is 0.481 e. The van der Waals surface area contributed by atoms with Crippen LogP contribution < -0.4 is 0 Å². The number of hydrogen-bond donors (Lipinski definition) is 1. The van der Waals surface area contributed by atoms with Crippen molar-refractivity contribution in [3.63, 3.8) is 0 Å². The van der Waals surface area contributed by atoms with Gasteiger partial charge in [-0.1, -0.05) is 40.2 Å². The van der Waals surface area contributed by atoms with Crippen molar-refractivity contribution in [1.29, 1.82) is 0 Å². The van der Waals surface area contributed by atoms with Gasteiger partial charge >= 0.3 is 11.9 Å². The highest BCUT2D eigenvalue weighted by Crippen LogP contribution is 2.66. The Balaban J connectivity index is 1.92. The predicted octanol–water partition coefficient (Wildman–Crippen LogP) is 5.13. The minimum atomic E-state index is -0.808. The summed E-state index contributed by atoms with van der Waals surface area (Å²) in [7, 11) is 0. The third-order valence-corrected chi connectivity index (χ3v) is 8.24. The summed E-state index contributed by atoms with van der Waals surface area (Å²) in [6.07, 6.45) is 8.06. The van der Waals surface area contributed by atoms with Crippen LogP contribution >= 0.6 is 0 Å². The molecule has 0 amide bonds. The van der Waals surface area contributed by atoms with Gasteiger partial charge in [0.15, 0.2) is 0 Å². The number of rotatable bonds is 5. The standard InChI is InChI=1S/C24H38O5/c1-16(2)20(27)28-15-21(4)10-7-11-23(6)18(21)9-8-17(3)24(23)13-12-22(5,29-24)14-19(25)26/h8,16,18H,7,9-15H2,1-6H3,(H,25,26)/t18-,21-,22-,23-,24+/m0/s1. The first kappa shape index (κ1) is 22.3. The van der Waals surface area contributed by atoms with Crippen LogP contribution in [0.25, 0.3) is 0 Å². The molecule has 0 aromatic carbocycles. The van der Waals surface area contributed by atoms with Crippen LogP contribution in [-0.4, -0.2) is 34.9 Å². The van der Waals surface area contributed by atoms with Crippen LogP contribution in [-0.2, 0) is 19.1 Å². The number of fused-ring (bicyclic) bond motifs is 2. The van der Waals surface area contributed by atoms with Gasteiger partial charge in [-0.3, -0.25) is 9.59 Å². The lowest BCUT2D eigenvalue weighted by Gasteiger charge is -2.61. The number of carbonyl (C=O) groups is 2. The Labute approximate surface area is 175 Å². The van der Waals surface area contributed by atoms with Crippen molar-refractivity contribution in [2.24, 2.45) is 22.7 Å². The smallest absolute Gasteiger partial charge is 0.308 e. The average Bonchev–Trinajstić information content (AvgIpc) is 2.96. The number of hydrogen-bond acceptors (Lipinski definition) is 4. The van der Waals surface area contributed by atoms with Crippen molar-refractivity contribution in [3.05, 3.63) is 11.6 Å². The SMILES string of the molecule is CC1=CC[C@H]2[C@](C)(COC(=O)C(C)C)CCC[C@]2(C)[C@@]12CC[C@@](C)(CC(=O)O)O2. The monoisotopic (exact) mass is 406 g/mol. The molecule has 0 radical (unpaired) electrons. The van der Waals surface area contributed by atoms with Crippen LogP contribution in [0.2, 0.25) is 0 Å². The van der Waals surface area contributed by atoms with Crippen molar-refractivity contribution in [2.75, 3.05) is 6.61 Å². The highest BCUT2D eigenvalue weighted by atomic mass is 16.5. The van der Waals surface area contributed by atoms with E-state index >= 15 is 0 Å². The summed E-state index contributed by atoms with van der Waals surface area (Å²) in [6, 6.07) is 0. The van der Waals surface area contributed by atoms with Gasteiger partial charge < -0.3 is 14.6 Å². The van der Waals surface area contributed by atoms with Gasteiger partial charge in [-0.05, 0) is 57.4 Å². The second kappa shape index (κ2) is 7.40. The molecule has 1 saturated carbocycles. The Morgan fingerprint density at radius 3 is 2.52 bits per heavy atom. The van der Waals surface area contributed by atoms with E-state index in [-0.39, 0.29) is 29.1 Å². The van der Waals surface area contributed by atoms with E-state index in [9.17, 15) is 14.7 Å². The third-order valence-electron chi connectivity index (χ3n) is 8.24. The molecule has 1 aliphatic heterocycles. The van der Waals surface area contributed by atoms with Gasteiger partial charge in [-0.2, -0.15) is 0 Å². The second-order valence-electron chi connectivity index (χ2n) is 10.8. The molecule has 1 spiro atoms. The summed E-state index contributed by atoms with van der Waals surface area (Å²) in [5.41, 5.74) is -0.0158. The Kier molecular flexibility index (Phi) is 5.70. The summed E-state index contributed by atoms with van der Waals surface area (Å²) in [6.45, 7) is 12.9. The molecular weight excluding hydrogens is 368 g/mol. The van der Waals surface area contributed by atoms with Crippen molar-refractivity contribution in [2.45, 2.75) is 97.7 Å². The van der Waals surface area contributed by atoms with Gasteiger partial charge in [0, 0.05) is 10.8 Å². The normalized spacial score (nSPS) is 41.9. The molecule has 0 aromatic rings. The number of esters is 1. The highest BCUT2D eigenvalue weighted by Gasteiger charge is 2.65. The predicted molar refractivity (Wildman–Crippen MR) is 111 cm³/mol. The van der Waals surface area contributed by atoms with E-state index in [1.807, 2.05) is 20.8 Å². The van der Waals surface area contributed by atoms with Gasteiger partial charge in [-0.15, -0.1) is 0 Å². The molecule has 5 atom stereocenters. The number of carboxylic acids is 1. The van der Waals surface area contributed by atoms with Gasteiger partial charge in [0.2, 0.25) is 0 Å². The third kappa shape index (κ3) is 3.64. The summed E-state index contributed by atoms with van der Waals surface area (Å²) >= 11 is 0. The zero-order chi connectivity index (χ0) is 21.7. The van der Waals surface area contributed by atoms with Crippen LogP contribution in [0.3, 0.4) is 0 Å². The lowest BCUT2D eigenvalue weighted by Crippen LogP contribution is -2.60. The van der Waals surface area contributed by atoms with E-state index in [0.29, 0.717) is 12.5 Å². The number of ether oxygens (including phenoxy) is 2. The maximum atomic E-state index is 12.1. The molecule has 1 N–H and O–H groups in total. The average molecular weight is 407 g/mol. The summed E-state index contributed by atoms with van der Waals surface area (Å²) < 4.78 is 12.5. The molecule has 0 aromatic heterocycles. The molecule has 3 aliphatic rings. The molecule has 3 rings (SSSR count). The van der Waals surface area contributed by atoms with Gasteiger partial charge in [0.25, 0.3) is 0 Å². The molecule has 5 nitrogen and oxygen atoms in total. The Morgan fingerprint density at radius 2 is 1.90 bits per heavy atom. The molecular formula is C24H38O5. The first-order valence-electron chi connectivity index (χ1n) is 11.1. The lowest BCUT2D eigenvalue weighted by atomic mass is 9.46. The zero-order valence-electron chi connectivity index (χ0n) is 19.0. The van der Waals surface area contributed by atoms with Crippen molar-refractivity contribution < 1.29 is 24.2 Å². The highest BCUT2D eigenvalue weighted by molar-refractivity contribution is 5.71. The van der Waals surface area contributed by atoms with Crippen molar-refractivity contribution in [1.82, 2.24) is 0 Å². The fourth-order valence-corrected chi connectivity index (χ4v) is 6.58. The number of allylic oxidation sites excluding steroid dienone is 1. The summed E-state index contributed by atoms with van der Waals surface area (Å²) in [5.74, 6) is -0.734. The van der Waals surface area contributed by atoms with Gasteiger partial charge in [-0.25, -0.2) is 0 Å². The van der Waals surface area contributed by atoms with Crippen molar-refractivity contribution in [3.8, 4) is 0 Å². The fourth-order valence-electron chi connectivity index (χ4n) is 6.58. The molecule has 1 heterocycles. The van der Waals surface area contributed by atoms with Crippen LogP contribution in [0.5, 0.6) is 0 Å². The fraction of sp³-hybridized carbons (Fsp3) is 0.833. The van der Waals surface area contributed by atoms with Gasteiger partial charge in [0.05, 0.1) is 30.1 Å². The molecule has 2 aliphatic carbocycles. The molecule has 1 saturated heterocycles. The first-order valence-corrected chi connectivity index (χ1v) is 11.1. The Morgan fingerprint density at radius 1 is 1.21 bits per heavy atom. The quantitative estimate of drug-likeness (QED) is 0.506. The van der Waals surface area contributed by atoms with Crippen LogP contribution in [0.1, 0.15) is 86.5 Å². The van der Waals surface area contributed by atoms with E-state index in [1.54, 1.807) is 0 Å². The Bertz CT molecular complexity index is 712. The van der Waals surface area contributed by atoms with E-state index in [2.05, 4.69) is 26.8 Å². The molecule has 0 bridgehead atoms. The molecule has 2 fully saturated rings. The van der Waals surface area contributed by atoms with Crippen LogP contribution in [0, 0.1) is 22.7 Å². The van der Waals surface area contributed by atoms with E-state index in [4.69, 9.17) is 9.47 Å². The first-order chi connectivity index (χ1) is 13.4. The van der Waals surface area contributed by atoms with E-state index < -0.39 is 17.2 Å². The minimum absolute atomic E-state index is 0.0338. The molecule has 0 unspecified atom stereocenters. The topological polar surface area (TPSA) is 72.8 Å². The van der Waals surface area contributed by atoms with E-state index in [1.165, 1.54) is 5.57 Å². The molecule has 5 heteroatoms. The maximum Gasteiger partial charge on any atom is 0.308 e. The second-order valence-corrected chi connectivity index (χ2v) is 10.8. The summed E-state index contributed by atoms with van der Waals surface area (Å²) in [5, 5.41) is 9.40. The van der Waals surface area contributed by atoms with Crippen molar-refractivity contribution >= 4 is 11.9 Å². The van der Waals surface area contributed by atoms with E-state index in [0.717, 1.165) is 38.5 Å². The molecule has 164 valence electrons. The molecule has 29 heavy (non-hydrogen) atoms. The minimum Gasteiger partial charge on any atom is -0.481 e. The van der Waals surface area contributed by atoms with Crippen LogP contribution in [0.4, 0.5) is 0 Å². The van der Waals surface area contributed by atoms with Gasteiger partial charge in [0.1, 0.15) is 0 Å². The zero-order valence-corrected chi connectivity index (χ0v) is 19.0. The van der Waals surface area contributed by atoms with Crippen LogP contribution in [0.15, 0.2) is 11.6 Å². The number of aliphatic carboxylic acids is 1. The maximum absolute atomic E-state index is 12.1. The lowest BCUT2D eigenvalue weighted by molar-refractivity contribution is -0.202. The number of carboxylic acid groups (broad SMARTS) is 1. The number of carbonyl (C=O) groups excluding carboxylic acids is 1.